The molecule has 98 valence electrons. The topological polar surface area (TPSA) is 45.5 Å². The van der Waals surface area contributed by atoms with Gasteiger partial charge in [-0.1, -0.05) is 18.5 Å². The molecule has 0 saturated carbocycles. The number of halogens is 2. The van der Waals surface area contributed by atoms with Crippen molar-refractivity contribution in [3.05, 3.63) is 52.6 Å². The average Bonchev–Trinajstić information content (AvgIpc) is 2.41. The number of aromatic hydroxyl groups is 1. The zero-order valence-corrected chi connectivity index (χ0v) is 11.0. The lowest BCUT2D eigenvalue weighted by molar-refractivity contribution is 0.464. The van der Waals surface area contributed by atoms with Gasteiger partial charge in [-0.25, -0.2) is 4.39 Å². The number of aryl methyl sites for hydroxylation is 1. The molecule has 1 aromatic carbocycles. The summed E-state index contributed by atoms with van der Waals surface area (Å²) in [5.74, 6) is -0.373. The van der Waals surface area contributed by atoms with Crippen molar-refractivity contribution in [1.82, 2.24) is 4.98 Å². The van der Waals surface area contributed by atoms with Crippen LogP contribution in [0.1, 0.15) is 18.2 Å². The van der Waals surface area contributed by atoms with Gasteiger partial charge in [-0.15, -0.1) is 0 Å². The van der Waals surface area contributed by atoms with Gasteiger partial charge in [-0.05, 0) is 30.7 Å². The Labute approximate surface area is 115 Å². The van der Waals surface area contributed by atoms with Crippen molar-refractivity contribution in [2.24, 2.45) is 4.99 Å². The van der Waals surface area contributed by atoms with Gasteiger partial charge in [0.2, 0.25) is 0 Å². The molecule has 1 heterocycles. The molecule has 0 aliphatic rings. The number of pyridine rings is 1. The molecule has 0 spiro atoms. The Kier molecular flexibility index (Phi) is 4.12. The molecule has 1 N–H and O–H groups in total. The van der Waals surface area contributed by atoms with Crippen LogP contribution in [0.3, 0.4) is 0 Å². The Morgan fingerprint density at radius 1 is 1.42 bits per heavy atom. The van der Waals surface area contributed by atoms with Gasteiger partial charge in [0.25, 0.3) is 0 Å². The van der Waals surface area contributed by atoms with E-state index in [2.05, 4.69) is 9.98 Å². The zero-order valence-electron chi connectivity index (χ0n) is 10.3. The summed E-state index contributed by atoms with van der Waals surface area (Å²) in [6.07, 6.45) is 3.74. The number of benzene rings is 1. The lowest BCUT2D eigenvalue weighted by atomic mass is 10.2. The van der Waals surface area contributed by atoms with Gasteiger partial charge < -0.3 is 5.11 Å². The lowest BCUT2D eigenvalue weighted by Crippen LogP contribution is -1.92. The molecule has 1 aromatic heterocycles. The third-order valence-electron chi connectivity index (χ3n) is 2.62. The monoisotopic (exact) mass is 278 g/mol. The minimum absolute atomic E-state index is 0.0165. The van der Waals surface area contributed by atoms with Crippen LogP contribution >= 0.6 is 11.6 Å². The summed E-state index contributed by atoms with van der Waals surface area (Å²) in [5.41, 5.74) is 1.69. The van der Waals surface area contributed by atoms with Crippen molar-refractivity contribution in [2.45, 2.75) is 13.3 Å². The maximum absolute atomic E-state index is 13.0. The molecule has 19 heavy (non-hydrogen) atoms. The molecular weight excluding hydrogens is 267 g/mol. The van der Waals surface area contributed by atoms with Crippen LogP contribution in [0.5, 0.6) is 5.75 Å². The Hall–Kier alpha value is -1.94. The maximum Gasteiger partial charge on any atom is 0.145 e. The molecule has 0 radical (unpaired) electrons. The van der Waals surface area contributed by atoms with E-state index in [-0.39, 0.29) is 10.8 Å². The second-order valence-electron chi connectivity index (χ2n) is 3.91. The van der Waals surface area contributed by atoms with E-state index < -0.39 is 5.82 Å². The van der Waals surface area contributed by atoms with Crippen LogP contribution in [0.15, 0.2) is 35.5 Å². The summed E-state index contributed by atoms with van der Waals surface area (Å²) >= 11 is 5.67. The van der Waals surface area contributed by atoms with E-state index in [4.69, 9.17) is 11.6 Å². The van der Waals surface area contributed by atoms with E-state index in [1.807, 2.05) is 6.92 Å². The van der Waals surface area contributed by atoms with Crippen molar-refractivity contribution >= 4 is 23.5 Å². The molecule has 0 aliphatic heterocycles. The van der Waals surface area contributed by atoms with E-state index in [9.17, 15) is 9.50 Å². The number of hydrogen-bond acceptors (Lipinski definition) is 3. The van der Waals surface area contributed by atoms with Crippen LogP contribution in [-0.4, -0.2) is 16.3 Å². The molecule has 0 fully saturated rings. The van der Waals surface area contributed by atoms with Crippen LogP contribution in [0.2, 0.25) is 5.02 Å². The summed E-state index contributed by atoms with van der Waals surface area (Å²) in [5, 5.41) is 9.94. The average molecular weight is 279 g/mol. The maximum atomic E-state index is 13.0. The molecule has 0 bridgehead atoms. The van der Waals surface area contributed by atoms with Crippen molar-refractivity contribution in [3.63, 3.8) is 0 Å². The highest BCUT2D eigenvalue weighted by molar-refractivity contribution is 6.31. The fourth-order valence-corrected chi connectivity index (χ4v) is 1.76. The van der Waals surface area contributed by atoms with E-state index in [0.29, 0.717) is 23.4 Å². The van der Waals surface area contributed by atoms with Gasteiger partial charge in [0.15, 0.2) is 0 Å². The van der Waals surface area contributed by atoms with Crippen molar-refractivity contribution in [3.8, 4) is 5.75 Å². The molecule has 2 rings (SSSR count). The minimum Gasteiger partial charge on any atom is -0.505 e. The molecule has 0 amide bonds. The summed E-state index contributed by atoms with van der Waals surface area (Å²) in [6, 6.07) is 5.84. The SMILES string of the molecule is CCc1nccc(C=Nc2ccc(F)c(Cl)c2)c1O. The van der Waals surface area contributed by atoms with E-state index in [1.54, 1.807) is 12.3 Å². The summed E-state index contributed by atoms with van der Waals surface area (Å²) in [4.78, 5) is 8.21. The third-order valence-corrected chi connectivity index (χ3v) is 2.91. The van der Waals surface area contributed by atoms with Gasteiger partial charge in [-0.2, -0.15) is 0 Å². The fourth-order valence-electron chi connectivity index (χ4n) is 1.59. The lowest BCUT2D eigenvalue weighted by Gasteiger charge is -2.03. The predicted molar refractivity (Wildman–Crippen MR) is 73.9 cm³/mol. The molecule has 5 heteroatoms. The number of rotatable bonds is 3. The number of aromatic nitrogens is 1. The first kappa shape index (κ1) is 13.5. The molecule has 3 nitrogen and oxygen atoms in total. The van der Waals surface area contributed by atoms with Crippen LogP contribution in [0.25, 0.3) is 0 Å². The number of hydrogen-bond donors (Lipinski definition) is 1. The van der Waals surface area contributed by atoms with Gasteiger partial charge >= 0.3 is 0 Å². The molecule has 0 saturated heterocycles. The highest BCUT2D eigenvalue weighted by Gasteiger charge is 2.05. The van der Waals surface area contributed by atoms with E-state index in [1.165, 1.54) is 24.4 Å². The standard InChI is InChI=1S/C14H12ClFN2O/c1-2-13-14(19)9(5-6-17-13)8-18-10-3-4-12(16)11(15)7-10/h3-8,19H,2H2,1H3. The van der Waals surface area contributed by atoms with Crippen LogP contribution < -0.4 is 0 Å². The van der Waals surface area contributed by atoms with Gasteiger partial charge in [0, 0.05) is 18.0 Å². The smallest absolute Gasteiger partial charge is 0.145 e. The van der Waals surface area contributed by atoms with Gasteiger partial charge in [-0.3, -0.25) is 9.98 Å². The summed E-state index contributed by atoms with van der Waals surface area (Å²) < 4.78 is 13.0. The largest absolute Gasteiger partial charge is 0.505 e. The Morgan fingerprint density at radius 2 is 2.21 bits per heavy atom. The van der Waals surface area contributed by atoms with Crippen LogP contribution in [0, 0.1) is 5.82 Å². The van der Waals surface area contributed by atoms with Crippen molar-refractivity contribution in [1.29, 1.82) is 0 Å². The molecule has 2 aromatic rings. The highest BCUT2D eigenvalue weighted by atomic mass is 35.5. The normalized spacial score (nSPS) is 11.1. The number of aliphatic imine (C=N–C) groups is 1. The summed E-state index contributed by atoms with van der Waals surface area (Å²) in [7, 11) is 0. The van der Waals surface area contributed by atoms with E-state index >= 15 is 0 Å². The fraction of sp³-hybridized carbons (Fsp3) is 0.143. The number of nitrogens with zero attached hydrogens (tertiary/aromatic N) is 2. The van der Waals surface area contributed by atoms with Crippen LogP contribution in [0.4, 0.5) is 10.1 Å². The molecular formula is C14H12ClFN2O. The van der Waals surface area contributed by atoms with E-state index in [0.717, 1.165) is 0 Å². The molecule has 0 unspecified atom stereocenters. The highest BCUT2D eigenvalue weighted by Crippen LogP contribution is 2.23. The second-order valence-corrected chi connectivity index (χ2v) is 4.31. The minimum atomic E-state index is -0.486. The molecule has 0 atom stereocenters. The predicted octanol–water partition coefficient (Wildman–Crippen LogP) is 3.89. The Balaban J connectivity index is 2.30. The van der Waals surface area contributed by atoms with Crippen LogP contribution in [-0.2, 0) is 6.42 Å². The third kappa shape index (κ3) is 3.09. The Morgan fingerprint density at radius 3 is 2.89 bits per heavy atom. The van der Waals surface area contributed by atoms with Crippen molar-refractivity contribution in [2.75, 3.05) is 0 Å². The van der Waals surface area contributed by atoms with Gasteiger partial charge in [0.05, 0.1) is 16.4 Å². The molecule has 0 aliphatic carbocycles. The second kappa shape index (κ2) is 5.80. The zero-order chi connectivity index (χ0) is 13.8. The first-order valence-corrected chi connectivity index (χ1v) is 6.15. The Bertz CT molecular complexity index is 629. The van der Waals surface area contributed by atoms with Crippen molar-refractivity contribution < 1.29 is 9.50 Å². The quantitative estimate of drug-likeness (QED) is 0.866. The van der Waals surface area contributed by atoms with Gasteiger partial charge in [0.1, 0.15) is 11.6 Å². The first-order valence-electron chi connectivity index (χ1n) is 5.77. The first-order chi connectivity index (χ1) is 9.11. The summed E-state index contributed by atoms with van der Waals surface area (Å²) in [6.45, 7) is 1.91.